The van der Waals surface area contributed by atoms with Crippen molar-refractivity contribution in [1.29, 1.82) is 0 Å². The Morgan fingerprint density at radius 2 is 2.05 bits per heavy atom. The average molecular weight is 295 g/mol. The molecule has 5 nitrogen and oxygen atoms in total. The smallest absolute Gasteiger partial charge is 0.335 e. The second kappa shape index (κ2) is 6.22. The van der Waals surface area contributed by atoms with E-state index in [9.17, 15) is 14.0 Å². The van der Waals surface area contributed by atoms with Crippen molar-refractivity contribution in [3.8, 4) is 0 Å². The van der Waals surface area contributed by atoms with Gasteiger partial charge in [0.05, 0.1) is 11.3 Å². The second-order valence-corrected chi connectivity index (χ2v) is 5.09. The number of anilines is 1. The molecule has 0 radical (unpaired) electrons. The van der Waals surface area contributed by atoms with Crippen LogP contribution in [0.25, 0.3) is 0 Å². The highest BCUT2D eigenvalue weighted by Gasteiger charge is 2.42. The van der Waals surface area contributed by atoms with Crippen LogP contribution in [-0.4, -0.2) is 29.2 Å². The topological polar surface area (TPSA) is 75.6 Å². The van der Waals surface area contributed by atoms with Gasteiger partial charge in [0.25, 0.3) is 5.91 Å². The van der Waals surface area contributed by atoms with E-state index >= 15 is 0 Å². The number of amides is 1. The number of carbonyl (C=O) groups excluding carboxylic acids is 1. The molecule has 0 spiro atoms. The molecule has 2 rings (SSSR count). The molecule has 0 heterocycles. The molecule has 0 atom stereocenters. The molecule has 0 aromatic heterocycles. The van der Waals surface area contributed by atoms with Gasteiger partial charge in [-0.05, 0) is 50.8 Å². The largest absolute Gasteiger partial charge is 0.478 e. The quantitative estimate of drug-likeness (QED) is 0.876. The summed E-state index contributed by atoms with van der Waals surface area (Å²) < 4.78 is 19.3. The van der Waals surface area contributed by atoms with Crippen LogP contribution < -0.4 is 5.32 Å². The third-order valence-electron chi connectivity index (χ3n) is 3.71. The van der Waals surface area contributed by atoms with Crippen LogP contribution in [0.4, 0.5) is 10.1 Å². The Balaban J connectivity index is 2.22. The number of ether oxygens (including phenoxy) is 1. The molecule has 0 saturated heterocycles. The molecular weight excluding hydrogens is 277 g/mol. The van der Waals surface area contributed by atoms with Gasteiger partial charge in [0.15, 0.2) is 0 Å². The predicted octanol–water partition coefficient (Wildman–Crippen LogP) is 2.81. The zero-order valence-corrected chi connectivity index (χ0v) is 11.8. The summed E-state index contributed by atoms with van der Waals surface area (Å²) in [6.07, 6.45) is 2.94. The monoisotopic (exact) mass is 295 g/mol. The number of aromatic carboxylic acids is 1. The average Bonchev–Trinajstić information content (AvgIpc) is 2.91. The lowest BCUT2D eigenvalue weighted by Gasteiger charge is -2.27. The Kier molecular flexibility index (Phi) is 4.57. The lowest BCUT2D eigenvalue weighted by molar-refractivity contribution is -0.140. The molecule has 1 fully saturated rings. The number of nitrogens with one attached hydrogen (secondary N) is 1. The highest BCUT2D eigenvalue weighted by molar-refractivity contribution is 5.99. The van der Waals surface area contributed by atoms with Crippen molar-refractivity contribution >= 4 is 17.6 Å². The molecule has 1 aromatic rings. The summed E-state index contributed by atoms with van der Waals surface area (Å²) in [5, 5.41) is 11.4. The molecule has 0 bridgehead atoms. The van der Waals surface area contributed by atoms with Gasteiger partial charge >= 0.3 is 5.97 Å². The number of carbonyl (C=O) groups is 2. The van der Waals surface area contributed by atoms with Crippen molar-refractivity contribution in [3.63, 3.8) is 0 Å². The first-order valence-corrected chi connectivity index (χ1v) is 6.97. The Labute approximate surface area is 122 Å². The molecular formula is C15H18FNO4. The minimum absolute atomic E-state index is 0.0800. The molecule has 0 unspecified atom stereocenters. The minimum Gasteiger partial charge on any atom is -0.478 e. The standard InChI is InChI=1S/C15H18FNO4/c1-2-21-15(7-3-4-8-15)14(20)17-12-9-10(13(18)19)5-6-11(12)16/h5-6,9H,2-4,7-8H2,1H3,(H,17,20)(H,18,19). The van der Waals surface area contributed by atoms with E-state index in [0.717, 1.165) is 31.0 Å². The van der Waals surface area contributed by atoms with Crippen LogP contribution in [0.15, 0.2) is 18.2 Å². The SMILES string of the molecule is CCOC1(C(=O)Nc2cc(C(=O)O)ccc2F)CCCC1. The van der Waals surface area contributed by atoms with Crippen LogP contribution in [0, 0.1) is 5.82 Å². The van der Waals surface area contributed by atoms with E-state index in [1.807, 2.05) is 0 Å². The Morgan fingerprint density at radius 3 is 2.62 bits per heavy atom. The van der Waals surface area contributed by atoms with Crippen molar-refractivity contribution in [2.24, 2.45) is 0 Å². The number of hydrogen-bond acceptors (Lipinski definition) is 3. The van der Waals surface area contributed by atoms with Crippen molar-refractivity contribution in [3.05, 3.63) is 29.6 Å². The summed E-state index contributed by atoms with van der Waals surface area (Å²) >= 11 is 0. The zero-order chi connectivity index (χ0) is 15.5. The normalized spacial score (nSPS) is 16.7. The maximum absolute atomic E-state index is 13.7. The van der Waals surface area contributed by atoms with Crippen LogP contribution in [-0.2, 0) is 9.53 Å². The molecule has 1 aliphatic carbocycles. The fourth-order valence-corrected chi connectivity index (χ4v) is 2.65. The van der Waals surface area contributed by atoms with Gasteiger partial charge in [-0.1, -0.05) is 0 Å². The molecule has 21 heavy (non-hydrogen) atoms. The van der Waals surface area contributed by atoms with Gasteiger partial charge in [-0.2, -0.15) is 0 Å². The highest BCUT2D eigenvalue weighted by atomic mass is 19.1. The highest BCUT2D eigenvalue weighted by Crippen LogP contribution is 2.34. The predicted molar refractivity (Wildman–Crippen MR) is 74.8 cm³/mol. The van der Waals surface area contributed by atoms with Gasteiger partial charge in [0.2, 0.25) is 0 Å². The van der Waals surface area contributed by atoms with Crippen molar-refractivity contribution in [2.45, 2.75) is 38.2 Å². The van der Waals surface area contributed by atoms with Crippen LogP contribution >= 0.6 is 0 Å². The van der Waals surface area contributed by atoms with Crippen molar-refractivity contribution in [1.82, 2.24) is 0 Å². The molecule has 2 N–H and O–H groups in total. The molecule has 1 aromatic carbocycles. The van der Waals surface area contributed by atoms with Crippen LogP contribution in [0.5, 0.6) is 0 Å². The first kappa shape index (κ1) is 15.4. The molecule has 1 saturated carbocycles. The maximum atomic E-state index is 13.7. The van der Waals surface area contributed by atoms with Crippen molar-refractivity contribution in [2.75, 3.05) is 11.9 Å². The summed E-state index contributed by atoms with van der Waals surface area (Å²) in [5.41, 5.74) is -1.14. The summed E-state index contributed by atoms with van der Waals surface area (Å²) in [5.74, 6) is -2.26. The first-order valence-electron chi connectivity index (χ1n) is 6.97. The zero-order valence-electron chi connectivity index (χ0n) is 11.8. The number of carboxylic acid groups (broad SMARTS) is 1. The van der Waals surface area contributed by atoms with Crippen LogP contribution in [0.3, 0.4) is 0 Å². The van der Waals surface area contributed by atoms with Gasteiger partial charge in [-0.15, -0.1) is 0 Å². The Hall–Kier alpha value is -1.95. The summed E-state index contributed by atoms with van der Waals surface area (Å²) in [6.45, 7) is 2.20. The fourth-order valence-electron chi connectivity index (χ4n) is 2.65. The molecule has 114 valence electrons. The number of benzene rings is 1. The summed E-state index contributed by atoms with van der Waals surface area (Å²) in [6, 6.07) is 3.30. The van der Waals surface area contributed by atoms with E-state index in [0.29, 0.717) is 19.4 Å². The van der Waals surface area contributed by atoms with E-state index in [4.69, 9.17) is 9.84 Å². The van der Waals surface area contributed by atoms with E-state index in [2.05, 4.69) is 5.32 Å². The summed E-state index contributed by atoms with van der Waals surface area (Å²) in [4.78, 5) is 23.3. The summed E-state index contributed by atoms with van der Waals surface area (Å²) in [7, 11) is 0. The second-order valence-electron chi connectivity index (χ2n) is 5.09. The van der Waals surface area contributed by atoms with Crippen LogP contribution in [0.2, 0.25) is 0 Å². The first-order chi connectivity index (χ1) is 9.98. The van der Waals surface area contributed by atoms with Gasteiger partial charge in [-0.25, -0.2) is 9.18 Å². The number of hydrogen-bond donors (Lipinski definition) is 2. The molecule has 1 aliphatic rings. The molecule has 0 aliphatic heterocycles. The minimum atomic E-state index is -1.18. The van der Waals surface area contributed by atoms with Gasteiger partial charge in [0.1, 0.15) is 11.4 Å². The van der Waals surface area contributed by atoms with Gasteiger partial charge in [-0.3, -0.25) is 4.79 Å². The van der Waals surface area contributed by atoms with Crippen LogP contribution in [0.1, 0.15) is 43.0 Å². The fraction of sp³-hybridized carbons (Fsp3) is 0.467. The number of carboxylic acids is 1. The van der Waals surface area contributed by atoms with Crippen molar-refractivity contribution < 1.29 is 23.8 Å². The Morgan fingerprint density at radius 1 is 1.38 bits per heavy atom. The van der Waals surface area contributed by atoms with E-state index in [1.165, 1.54) is 0 Å². The third kappa shape index (κ3) is 3.21. The third-order valence-corrected chi connectivity index (χ3v) is 3.71. The van der Waals surface area contributed by atoms with Gasteiger partial charge in [0, 0.05) is 6.61 Å². The number of rotatable bonds is 5. The molecule has 1 amide bonds. The maximum Gasteiger partial charge on any atom is 0.335 e. The van der Waals surface area contributed by atoms with Gasteiger partial charge < -0.3 is 15.2 Å². The van der Waals surface area contributed by atoms with E-state index in [-0.39, 0.29) is 11.3 Å². The van der Waals surface area contributed by atoms with E-state index in [1.54, 1.807) is 6.92 Å². The lowest BCUT2D eigenvalue weighted by Crippen LogP contribution is -2.43. The number of halogens is 1. The molecule has 6 heteroatoms. The lowest BCUT2D eigenvalue weighted by atomic mass is 10.0. The Bertz CT molecular complexity index is 553. The van der Waals surface area contributed by atoms with E-state index < -0.39 is 23.3 Å².